The summed E-state index contributed by atoms with van der Waals surface area (Å²) in [5, 5.41) is 12.0. The lowest BCUT2D eigenvalue weighted by Crippen LogP contribution is -2.30. The monoisotopic (exact) mass is 609 g/mol. The van der Waals surface area contributed by atoms with Crippen LogP contribution in [0.4, 0.5) is 11.4 Å². The normalized spacial score (nSPS) is 17.5. The van der Waals surface area contributed by atoms with Gasteiger partial charge in [-0.3, -0.25) is 29.4 Å². The number of nitro benzene ring substituents is 1. The summed E-state index contributed by atoms with van der Waals surface area (Å²) >= 11 is 6.21. The highest BCUT2D eigenvalue weighted by molar-refractivity contribution is 6.31. The van der Waals surface area contributed by atoms with Crippen LogP contribution in [0.3, 0.4) is 0 Å². The molecular weight excluding hydrogens is 586 g/mol. The first-order valence-corrected chi connectivity index (χ1v) is 14.2. The number of aromatic nitrogens is 1. The van der Waals surface area contributed by atoms with E-state index in [-0.39, 0.29) is 40.5 Å². The number of ketones is 1. The van der Waals surface area contributed by atoms with Gasteiger partial charge in [0, 0.05) is 33.2 Å². The summed E-state index contributed by atoms with van der Waals surface area (Å²) in [6.45, 7) is 0.926. The van der Waals surface area contributed by atoms with E-state index in [4.69, 9.17) is 16.3 Å². The molecule has 2 atom stereocenters. The highest BCUT2D eigenvalue weighted by Crippen LogP contribution is 2.38. The third-order valence-electron chi connectivity index (χ3n) is 7.98. The zero-order valence-corrected chi connectivity index (χ0v) is 24.1. The maximum atomic E-state index is 13.3. The largest absolute Gasteiger partial charge is 0.454 e. The summed E-state index contributed by atoms with van der Waals surface area (Å²) < 4.78 is 5.35. The highest BCUT2D eigenvalue weighted by Gasteiger charge is 2.47. The molecule has 2 aliphatic rings. The van der Waals surface area contributed by atoms with Crippen LogP contribution in [0.5, 0.6) is 0 Å². The van der Waals surface area contributed by atoms with Gasteiger partial charge in [0.25, 0.3) is 5.69 Å². The fourth-order valence-corrected chi connectivity index (χ4v) is 5.79. The van der Waals surface area contributed by atoms with Crippen molar-refractivity contribution in [2.75, 3.05) is 11.5 Å². The van der Waals surface area contributed by atoms with Crippen LogP contribution in [0.1, 0.15) is 39.1 Å². The molecule has 1 aromatic heterocycles. The van der Waals surface area contributed by atoms with E-state index < -0.39 is 23.3 Å². The van der Waals surface area contributed by atoms with Crippen molar-refractivity contribution in [1.29, 1.82) is 0 Å². The number of allylic oxidation sites excluding steroid dienone is 2. The standard InChI is InChI=1S/C33H24ClN3O7/c1-18-6-7-20(14-29(18)37(42)43)30(38)17-44-33(41)26-16-28(35-27-13-10-21(34)15-25(26)27)19-8-11-22(12-9-19)36-31(39)23-4-2-3-5-24(23)32(36)40/h2-3,6-16,23-24H,4-5,17H2,1H3. The number of pyridine rings is 1. The molecule has 3 aromatic carbocycles. The summed E-state index contributed by atoms with van der Waals surface area (Å²) in [7, 11) is 0. The number of amides is 2. The number of benzene rings is 3. The summed E-state index contributed by atoms with van der Waals surface area (Å²) in [4.78, 5) is 68.7. The minimum Gasteiger partial charge on any atom is -0.454 e. The highest BCUT2D eigenvalue weighted by atomic mass is 35.5. The molecule has 0 spiro atoms. The molecule has 220 valence electrons. The number of imide groups is 1. The van der Waals surface area contributed by atoms with Crippen molar-refractivity contribution in [2.24, 2.45) is 11.8 Å². The van der Waals surface area contributed by atoms with Crippen molar-refractivity contribution < 1.29 is 28.8 Å². The summed E-state index contributed by atoms with van der Waals surface area (Å²) in [6.07, 6.45) is 4.96. The molecule has 11 heteroatoms. The lowest BCUT2D eigenvalue weighted by molar-refractivity contribution is -0.385. The van der Waals surface area contributed by atoms with Crippen molar-refractivity contribution in [2.45, 2.75) is 19.8 Å². The first-order chi connectivity index (χ1) is 21.1. The molecule has 0 bridgehead atoms. The fraction of sp³-hybridized carbons (Fsp3) is 0.182. The van der Waals surface area contributed by atoms with E-state index in [2.05, 4.69) is 4.98 Å². The van der Waals surface area contributed by atoms with Gasteiger partial charge in [-0.2, -0.15) is 0 Å². The number of Topliss-reactive ketones (excluding diaryl/α,β-unsaturated/α-hetero) is 1. The number of carbonyl (C=O) groups excluding carboxylic acids is 4. The molecule has 1 aliphatic heterocycles. The predicted molar refractivity (Wildman–Crippen MR) is 162 cm³/mol. The topological polar surface area (TPSA) is 137 Å². The summed E-state index contributed by atoms with van der Waals surface area (Å²) in [5.74, 6) is -2.52. The quantitative estimate of drug-likeness (QED) is 0.0597. The third-order valence-corrected chi connectivity index (χ3v) is 8.22. The Morgan fingerprint density at radius 1 is 0.977 bits per heavy atom. The van der Waals surface area contributed by atoms with E-state index in [0.29, 0.717) is 51.3 Å². The number of fused-ring (bicyclic) bond motifs is 2. The summed E-state index contributed by atoms with van der Waals surface area (Å²) in [6, 6.07) is 17.2. The Balaban J connectivity index is 1.27. The Kier molecular flexibility index (Phi) is 7.52. The Morgan fingerprint density at radius 2 is 1.66 bits per heavy atom. The van der Waals surface area contributed by atoms with Gasteiger partial charge in [0.05, 0.1) is 39.2 Å². The van der Waals surface area contributed by atoms with Crippen LogP contribution in [0.15, 0.2) is 78.9 Å². The Morgan fingerprint density at radius 3 is 2.32 bits per heavy atom. The second-order valence-corrected chi connectivity index (χ2v) is 11.1. The van der Waals surface area contributed by atoms with E-state index in [0.717, 1.165) is 6.07 Å². The van der Waals surface area contributed by atoms with Gasteiger partial charge in [-0.1, -0.05) is 48.0 Å². The average Bonchev–Trinajstić information content (AvgIpc) is 3.28. The fourth-order valence-electron chi connectivity index (χ4n) is 5.62. The Bertz CT molecular complexity index is 1890. The molecule has 0 saturated carbocycles. The van der Waals surface area contributed by atoms with Gasteiger partial charge in [0.2, 0.25) is 17.6 Å². The zero-order chi connectivity index (χ0) is 31.1. The van der Waals surface area contributed by atoms with Crippen molar-refractivity contribution in [3.05, 3.63) is 111 Å². The molecule has 6 rings (SSSR count). The number of esters is 1. The number of hydrogen-bond donors (Lipinski definition) is 0. The molecule has 2 heterocycles. The van der Waals surface area contributed by atoms with Crippen molar-refractivity contribution >= 4 is 57.4 Å². The number of hydrogen-bond acceptors (Lipinski definition) is 8. The SMILES string of the molecule is Cc1ccc(C(=O)COC(=O)c2cc(-c3ccc(N4C(=O)C5CC=CCC5C4=O)cc3)nc3ccc(Cl)cc23)cc1[N+](=O)[O-]. The number of rotatable bonds is 7. The minimum absolute atomic E-state index is 0.0454. The number of carbonyl (C=O) groups is 4. The third kappa shape index (κ3) is 5.24. The van der Waals surface area contributed by atoms with Crippen LogP contribution in [0.2, 0.25) is 5.02 Å². The predicted octanol–water partition coefficient (Wildman–Crippen LogP) is 6.27. The number of anilines is 1. The van der Waals surface area contributed by atoms with E-state index in [1.807, 2.05) is 12.2 Å². The number of nitrogens with zero attached hydrogens (tertiary/aromatic N) is 3. The molecule has 10 nitrogen and oxygen atoms in total. The molecule has 2 unspecified atom stereocenters. The molecule has 44 heavy (non-hydrogen) atoms. The van der Waals surface area contributed by atoms with Gasteiger partial charge in [0.1, 0.15) is 0 Å². The van der Waals surface area contributed by atoms with Crippen LogP contribution < -0.4 is 4.90 Å². The first kappa shape index (κ1) is 28.9. The lowest BCUT2D eigenvalue weighted by atomic mass is 9.85. The number of halogens is 1. The van der Waals surface area contributed by atoms with Gasteiger partial charge in [-0.15, -0.1) is 0 Å². The molecule has 2 amide bonds. The number of ether oxygens (including phenoxy) is 1. The molecule has 0 N–H and O–H groups in total. The lowest BCUT2D eigenvalue weighted by Gasteiger charge is -2.15. The maximum Gasteiger partial charge on any atom is 0.339 e. The summed E-state index contributed by atoms with van der Waals surface area (Å²) in [5.41, 5.74) is 2.28. The van der Waals surface area contributed by atoms with Crippen LogP contribution in [0.25, 0.3) is 22.2 Å². The molecule has 1 fully saturated rings. The Labute approximate surface area is 256 Å². The number of nitro groups is 1. The zero-order valence-electron chi connectivity index (χ0n) is 23.4. The maximum absolute atomic E-state index is 13.3. The van der Waals surface area contributed by atoms with E-state index >= 15 is 0 Å². The van der Waals surface area contributed by atoms with Crippen LogP contribution in [-0.4, -0.2) is 40.1 Å². The van der Waals surface area contributed by atoms with E-state index in [9.17, 15) is 29.3 Å². The van der Waals surface area contributed by atoms with Gasteiger partial charge in [0.15, 0.2) is 6.61 Å². The smallest absolute Gasteiger partial charge is 0.339 e. The van der Waals surface area contributed by atoms with Crippen LogP contribution in [-0.2, 0) is 14.3 Å². The van der Waals surface area contributed by atoms with Crippen molar-refractivity contribution in [3.8, 4) is 11.3 Å². The van der Waals surface area contributed by atoms with Gasteiger partial charge in [-0.05, 0) is 56.2 Å². The van der Waals surface area contributed by atoms with Gasteiger partial charge >= 0.3 is 5.97 Å². The molecule has 4 aromatic rings. The van der Waals surface area contributed by atoms with Crippen molar-refractivity contribution in [1.82, 2.24) is 4.98 Å². The van der Waals surface area contributed by atoms with Gasteiger partial charge in [-0.25, -0.2) is 9.78 Å². The van der Waals surface area contributed by atoms with E-state index in [1.165, 1.54) is 23.1 Å². The van der Waals surface area contributed by atoms with Crippen LogP contribution in [0, 0.1) is 28.9 Å². The minimum atomic E-state index is -0.808. The second kappa shape index (κ2) is 11.5. The molecular formula is C33H24ClN3O7. The van der Waals surface area contributed by atoms with Gasteiger partial charge < -0.3 is 4.74 Å². The molecule has 0 radical (unpaired) electrons. The Hall–Kier alpha value is -5.22. The van der Waals surface area contributed by atoms with Crippen LogP contribution >= 0.6 is 11.6 Å². The molecule has 1 aliphatic carbocycles. The average molecular weight is 610 g/mol. The first-order valence-electron chi connectivity index (χ1n) is 13.8. The second-order valence-electron chi connectivity index (χ2n) is 10.7. The molecule has 1 saturated heterocycles. The van der Waals surface area contributed by atoms with Crippen molar-refractivity contribution in [3.63, 3.8) is 0 Å². The van der Waals surface area contributed by atoms with E-state index in [1.54, 1.807) is 49.4 Å². The number of aryl methyl sites for hydroxylation is 1.